The maximum absolute atomic E-state index is 12.9. The highest BCUT2D eigenvalue weighted by atomic mass is 35.5. The molecule has 0 saturated carbocycles. The Balaban J connectivity index is 0.00000169. The fourth-order valence-corrected chi connectivity index (χ4v) is 1.14. The predicted octanol–water partition coefficient (Wildman–Crippen LogP) is 1.95. The first-order chi connectivity index (χ1) is 6.06. The smallest absolute Gasteiger partial charge is 0.143 e. The van der Waals surface area contributed by atoms with Crippen molar-refractivity contribution in [2.45, 2.75) is 19.4 Å². The van der Waals surface area contributed by atoms with Gasteiger partial charge in [-0.1, -0.05) is 6.92 Å². The summed E-state index contributed by atoms with van der Waals surface area (Å²) in [5, 5.41) is 9.45. The quantitative estimate of drug-likeness (QED) is 0.527. The van der Waals surface area contributed by atoms with E-state index in [9.17, 15) is 9.50 Å². The summed E-state index contributed by atoms with van der Waals surface area (Å²) in [6, 6.07) is 1.90. The minimum absolute atomic E-state index is 0. The third kappa shape index (κ3) is 2.49. The van der Waals surface area contributed by atoms with Crippen LogP contribution in [-0.4, -0.2) is 5.11 Å². The molecule has 5 heteroatoms. The molecule has 0 spiro atoms. The van der Waals surface area contributed by atoms with Crippen molar-refractivity contribution in [3.8, 4) is 5.75 Å². The molecule has 0 radical (unpaired) electrons. The molecular weight excluding hydrogens is 207 g/mol. The normalized spacial score (nSPS) is 11.9. The first kappa shape index (κ1) is 13.0. The van der Waals surface area contributed by atoms with Crippen molar-refractivity contribution in [3.63, 3.8) is 0 Å². The van der Waals surface area contributed by atoms with Gasteiger partial charge in [0.1, 0.15) is 11.6 Å². The first-order valence-corrected chi connectivity index (χ1v) is 4.09. The van der Waals surface area contributed by atoms with Crippen LogP contribution in [0.3, 0.4) is 0 Å². The lowest BCUT2D eigenvalue weighted by Gasteiger charge is -2.12. The van der Waals surface area contributed by atoms with Crippen LogP contribution in [0, 0.1) is 5.82 Å². The molecule has 1 aromatic carbocycles. The van der Waals surface area contributed by atoms with E-state index in [1.54, 1.807) is 0 Å². The number of nitrogens with two attached hydrogens (primary N) is 2. The van der Waals surface area contributed by atoms with E-state index >= 15 is 0 Å². The van der Waals surface area contributed by atoms with Gasteiger partial charge in [0.2, 0.25) is 0 Å². The van der Waals surface area contributed by atoms with Crippen molar-refractivity contribution in [2.75, 3.05) is 5.73 Å². The van der Waals surface area contributed by atoms with E-state index in [1.807, 2.05) is 6.92 Å². The number of benzene rings is 1. The van der Waals surface area contributed by atoms with E-state index in [0.29, 0.717) is 12.0 Å². The summed E-state index contributed by atoms with van der Waals surface area (Å²) < 4.78 is 12.9. The van der Waals surface area contributed by atoms with Gasteiger partial charge in [-0.2, -0.15) is 0 Å². The van der Waals surface area contributed by atoms with Gasteiger partial charge < -0.3 is 16.6 Å². The average Bonchev–Trinajstić information content (AvgIpc) is 2.10. The van der Waals surface area contributed by atoms with Crippen LogP contribution in [0.15, 0.2) is 12.1 Å². The summed E-state index contributed by atoms with van der Waals surface area (Å²) in [5.41, 5.74) is 11.4. The molecule has 1 atom stereocenters. The number of hydrogen-bond acceptors (Lipinski definition) is 3. The zero-order valence-corrected chi connectivity index (χ0v) is 8.64. The molecule has 14 heavy (non-hydrogen) atoms. The molecular formula is C9H14ClFN2O. The van der Waals surface area contributed by atoms with Crippen LogP contribution in [0.25, 0.3) is 0 Å². The number of aromatic hydroxyl groups is 1. The lowest BCUT2D eigenvalue weighted by atomic mass is 10.0. The second-order valence-electron chi connectivity index (χ2n) is 2.95. The average molecular weight is 221 g/mol. The second-order valence-corrected chi connectivity index (χ2v) is 2.95. The molecule has 3 nitrogen and oxygen atoms in total. The van der Waals surface area contributed by atoms with Gasteiger partial charge in [0.05, 0.1) is 5.69 Å². The van der Waals surface area contributed by atoms with Crippen LogP contribution >= 0.6 is 12.4 Å². The van der Waals surface area contributed by atoms with Crippen LogP contribution in [-0.2, 0) is 0 Å². The molecule has 1 rings (SSSR count). The van der Waals surface area contributed by atoms with E-state index in [2.05, 4.69) is 0 Å². The fourth-order valence-electron chi connectivity index (χ4n) is 1.14. The molecule has 0 aromatic heterocycles. The van der Waals surface area contributed by atoms with E-state index < -0.39 is 5.82 Å². The Labute approximate surface area is 88.3 Å². The summed E-state index contributed by atoms with van der Waals surface area (Å²) in [6.45, 7) is 1.85. The number of halogens is 2. The molecule has 0 heterocycles. The monoisotopic (exact) mass is 220 g/mol. The molecule has 0 aliphatic rings. The van der Waals surface area contributed by atoms with Crippen molar-refractivity contribution < 1.29 is 9.50 Å². The standard InChI is InChI=1S/C9H13FN2O.ClH/c1-2-7(11)6-3-5(10)4-8(12)9(6)13;/h3-4,7,13H,2,11-12H2,1H3;1H/t7-;/m0./s1. The maximum Gasteiger partial charge on any atom is 0.143 e. The Bertz CT molecular complexity index is 320. The number of rotatable bonds is 2. The lowest BCUT2D eigenvalue weighted by molar-refractivity contribution is 0.460. The summed E-state index contributed by atoms with van der Waals surface area (Å²) in [6.07, 6.45) is 0.621. The van der Waals surface area contributed by atoms with E-state index in [1.165, 1.54) is 6.07 Å². The largest absolute Gasteiger partial charge is 0.505 e. The third-order valence-corrected chi connectivity index (χ3v) is 1.97. The van der Waals surface area contributed by atoms with Crippen molar-refractivity contribution in [1.29, 1.82) is 0 Å². The molecule has 1 aromatic rings. The van der Waals surface area contributed by atoms with Crippen LogP contribution in [0.1, 0.15) is 24.9 Å². The van der Waals surface area contributed by atoms with Gasteiger partial charge in [0, 0.05) is 17.7 Å². The van der Waals surface area contributed by atoms with Crippen LogP contribution in [0.4, 0.5) is 10.1 Å². The molecule has 0 amide bonds. The number of anilines is 1. The highest BCUT2D eigenvalue weighted by Crippen LogP contribution is 2.31. The molecule has 0 aliphatic carbocycles. The summed E-state index contributed by atoms with van der Waals surface area (Å²) in [4.78, 5) is 0. The highest BCUT2D eigenvalue weighted by molar-refractivity contribution is 5.85. The van der Waals surface area contributed by atoms with Gasteiger partial charge in [-0.25, -0.2) is 4.39 Å². The number of nitrogen functional groups attached to an aromatic ring is 1. The van der Waals surface area contributed by atoms with Crippen molar-refractivity contribution in [2.24, 2.45) is 5.73 Å². The molecule has 0 aliphatic heterocycles. The minimum atomic E-state index is -0.478. The van der Waals surface area contributed by atoms with Gasteiger partial charge in [-0.05, 0) is 12.5 Å². The Morgan fingerprint density at radius 2 is 2.07 bits per heavy atom. The van der Waals surface area contributed by atoms with Crippen LogP contribution in [0.2, 0.25) is 0 Å². The van der Waals surface area contributed by atoms with E-state index in [0.717, 1.165) is 6.07 Å². The van der Waals surface area contributed by atoms with Crippen LogP contribution in [0.5, 0.6) is 5.75 Å². The Hall–Kier alpha value is -1.000. The zero-order chi connectivity index (χ0) is 10.0. The molecule has 0 fully saturated rings. The van der Waals surface area contributed by atoms with Crippen molar-refractivity contribution in [3.05, 3.63) is 23.5 Å². The topological polar surface area (TPSA) is 72.3 Å². The van der Waals surface area contributed by atoms with E-state index in [4.69, 9.17) is 11.5 Å². The van der Waals surface area contributed by atoms with Gasteiger partial charge in [-0.3, -0.25) is 0 Å². The van der Waals surface area contributed by atoms with Crippen LogP contribution < -0.4 is 11.5 Å². The Morgan fingerprint density at radius 1 is 1.50 bits per heavy atom. The Morgan fingerprint density at radius 3 is 2.57 bits per heavy atom. The highest BCUT2D eigenvalue weighted by Gasteiger charge is 2.12. The number of hydrogen-bond donors (Lipinski definition) is 3. The summed E-state index contributed by atoms with van der Waals surface area (Å²) in [5.74, 6) is -0.593. The van der Waals surface area contributed by atoms with Crippen molar-refractivity contribution in [1.82, 2.24) is 0 Å². The minimum Gasteiger partial charge on any atom is -0.505 e. The lowest BCUT2D eigenvalue weighted by Crippen LogP contribution is -2.10. The summed E-state index contributed by atoms with van der Waals surface area (Å²) in [7, 11) is 0. The zero-order valence-electron chi connectivity index (χ0n) is 7.83. The Kier molecular flexibility index (Phi) is 4.67. The number of phenols is 1. The first-order valence-electron chi connectivity index (χ1n) is 4.09. The van der Waals surface area contributed by atoms with Gasteiger partial charge in [0.25, 0.3) is 0 Å². The predicted molar refractivity (Wildman–Crippen MR) is 56.9 cm³/mol. The van der Waals surface area contributed by atoms with Gasteiger partial charge in [0.15, 0.2) is 0 Å². The fraction of sp³-hybridized carbons (Fsp3) is 0.333. The number of phenolic OH excluding ortho intramolecular Hbond substituents is 1. The van der Waals surface area contributed by atoms with Crippen molar-refractivity contribution >= 4 is 18.1 Å². The summed E-state index contributed by atoms with van der Waals surface area (Å²) >= 11 is 0. The molecule has 5 N–H and O–H groups in total. The molecule has 0 saturated heterocycles. The SMILES string of the molecule is CC[C@H](N)c1cc(F)cc(N)c1O.Cl. The van der Waals surface area contributed by atoms with Gasteiger partial charge >= 0.3 is 0 Å². The third-order valence-electron chi connectivity index (χ3n) is 1.97. The van der Waals surface area contributed by atoms with E-state index in [-0.39, 0.29) is 29.9 Å². The molecule has 0 unspecified atom stereocenters. The molecule has 80 valence electrons. The second kappa shape index (κ2) is 5.02. The molecule has 0 bridgehead atoms. The maximum atomic E-state index is 12.9. The van der Waals surface area contributed by atoms with Gasteiger partial charge in [-0.15, -0.1) is 12.4 Å².